The Morgan fingerprint density at radius 2 is 1.83 bits per heavy atom. The van der Waals surface area contributed by atoms with Crippen molar-refractivity contribution < 1.29 is 24.2 Å². The van der Waals surface area contributed by atoms with Crippen molar-refractivity contribution in [2.24, 2.45) is 17.3 Å². The fourth-order valence-electron chi connectivity index (χ4n) is 6.06. The van der Waals surface area contributed by atoms with E-state index in [4.69, 9.17) is 9.47 Å². The Morgan fingerprint density at radius 3 is 2.41 bits per heavy atom. The molecule has 5 atom stereocenters. The van der Waals surface area contributed by atoms with E-state index in [0.717, 1.165) is 43.4 Å². The average Bonchev–Trinajstić information content (AvgIpc) is 2.66. The van der Waals surface area contributed by atoms with Crippen molar-refractivity contribution in [1.29, 1.82) is 0 Å². The first kappa shape index (κ1) is 20.2. The smallest absolute Gasteiger partial charge is 0.312 e. The maximum atomic E-state index is 13.0. The second kappa shape index (κ2) is 7.63. The lowest BCUT2D eigenvalue weighted by Crippen LogP contribution is -2.59. The molecule has 6 heteroatoms. The number of nitrogens with one attached hydrogen (secondary N) is 1. The van der Waals surface area contributed by atoms with Crippen LogP contribution in [0.5, 0.6) is 5.75 Å². The first-order valence-electron chi connectivity index (χ1n) is 10.6. The molecule has 1 amide bonds. The van der Waals surface area contributed by atoms with Crippen molar-refractivity contribution >= 4 is 11.9 Å². The molecule has 0 heterocycles. The van der Waals surface area contributed by atoms with Crippen LogP contribution in [0, 0.1) is 17.3 Å². The van der Waals surface area contributed by atoms with Crippen molar-refractivity contribution in [1.82, 2.24) is 5.32 Å². The van der Waals surface area contributed by atoms with Gasteiger partial charge in [0.2, 0.25) is 0 Å². The topological polar surface area (TPSA) is 84.9 Å². The Kier molecular flexibility index (Phi) is 5.32. The molecule has 158 valence electrons. The number of ether oxygens (including phenoxy) is 2. The first-order chi connectivity index (χ1) is 13.8. The average molecular weight is 402 g/mol. The van der Waals surface area contributed by atoms with Crippen LogP contribution >= 0.6 is 0 Å². The summed E-state index contributed by atoms with van der Waals surface area (Å²) < 4.78 is 10.7. The molecule has 0 saturated heterocycles. The number of esters is 1. The molecular weight excluding hydrogens is 370 g/mol. The molecular formula is C23H31NO5. The summed E-state index contributed by atoms with van der Waals surface area (Å²) in [5.74, 6) is 1.02. The summed E-state index contributed by atoms with van der Waals surface area (Å²) in [6, 6.07) is 7.71. The third-order valence-corrected chi connectivity index (χ3v) is 6.99. The molecule has 4 aliphatic carbocycles. The highest BCUT2D eigenvalue weighted by atomic mass is 16.5. The van der Waals surface area contributed by atoms with E-state index in [2.05, 4.69) is 5.32 Å². The molecule has 5 rings (SSSR count). The van der Waals surface area contributed by atoms with Crippen LogP contribution in [0.2, 0.25) is 0 Å². The molecule has 4 fully saturated rings. The number of carbonyl (C=O) groups excluding carboxylic acids is 2. The van der Waals surface area contributed by atoms with Gasteiger partial charge in [-0.05, 0) is 81.4 Å². The number of carbonyl (C=O) groups is 2. The van der Waals surface area contributed by atoms with Gasteiger partial charge in [0.05, 0.1) is 18.1 Å². The van der Waals surface area contributed by atoms with Crippen LogP contribution in [0.3, 0.4) is 0 Å². The van der Waals surface area contributed by atoms with Crippen molar-refractivity contribution in [2.45, 2.75) is 63.6 Å². The predicted octanol–water partition coefficient (Wildman–Crippen LogP) is 2.62. The fraction of sp³-hybridized carbons (Fsp3) is 0.652. The second-order valence-corrected chi connectivity index (χ2v) is 9.40. The zero-order valence-electron chi connectivity index (χ0n) is 17.3. The Hall–Kier alpha value is -2.08. The highest BCUT2D eigenvalue weighted by Gasteiger charge is 2.61. The zero-order chi connectivity index (χ0) is 20.6. The highest BCUT2D eigenvalue weighted by Crippen LogP contribution is 2.62. The number of amides is 1. The first-order valence-corrected chi connectivity index (χ1v) is 10.6. The Labute approximate surface area is 172 Å². The number of hydrogen-bond donors (Lipinski definition) is 2. The second-order valence-electron chi connectivity index (χ2n) is 9.40. The lowest BCUT2D eigenvalue weighted by Gasteiger charge is -2.58. The minimum atomic E-state index is -0.832. The highest BCUT2D eigenvalue weighted by molar-refractivity contribution is 5.85. The van der Waals surface area contributed by atoms with Gasteiger partial charge in [-0.2, -0.15) is 0 Å². The number of hydrogen-bond acceptors (Lipinski definition) is 5. The van der Waals surface area contributed by atoms with Crippen molar-refractivity contribution in [3.05, 3.63) is 29.8 Å². The van der Waals surface area contributed by atoms with Gasteiger partial charge in [-0.15, -0.1) is 0 Å². The number of rotatable bonds is 7. The van der Waals surface area contributed by atoms with Crippen molar-refractivity contribution in [2.75, 3.05) is 13.7 Å². The van der Waals surface area contributed by atoms with Crippen LogP contribution in [0.15, 0.2) is 24.3 Å². The minimum Gasteiger partial charge on any atom is -0.497 e. The van der Waals surface area contributed by atoms with Crippen LogP contribution < -0.4 is 10.1 Å². The van der Waals surface area contributed by atoms with E-state index in [1.54, 1.807) is 14.0 Å². The van der Waals surface area contributed by atoms with E-state index in [1.165, 1.54) is 0 Å². The SMILES string of the molecule is COc1ccc(CCNC(=O)[C@@H](C)OC(=O)C23C[C@@H]4C[C@@H](CC(O)(C4)C2)C3)cc1. The largest absolute Gasteiger partial charge is 0.497 e. The summed E-state index contributed by atoms with van der Waals surface area (Å²) >= 11 is 0. The standard InChI is InChI=1S/C23H31NO5/c1-15(20(25)24-8-7-16-3-5-19(28-2)6-4-16)29-21(26)22-10-17-9-18(11-22)13-23(27,12-17)14-22/h3-6,15,17-18,27H,7-14H2,1-2H3,(H,24,25)/t15-,17-,18+,22?,23?/m1/s1. The number of aliphatic hydroxyl groups is 1. The molecule has 0 aromatic heterocycles. The summed E-state index contributed by atoms with van der Waals surface area (Å²) in [7, 11) is 1.63. The monoisotopic (exact) mass is 401 g/mol. The van der Waals surface area contributed by atoms with Crippen LogP contribution in [0.1, 0.15) is 51.0 Å². The molecule has 4 saturated carbocycles. The maximum Gasteiger partial charge on any atom is 0.312 e. The predicted molar refractivity (Wildman–Crippen MR) is 107 cm³/mol. The zero-order valence-corrected chi connectivity index (χ0v) is 17.3. The van der Waals surface area contributed by atoms with Gasteiger partial charge in [0, 0.05) is 6.54 Å². The molecule has 1 aromatic rings. The van der Waals surface area contributed by atoms with Gasteiger partial charge in [-0.1, -0.05) is 12.1 Å². The summed E-state index contributed by atoms with van der Waals surface area (Å²) in [5.41, 5.74) is -0.221. The quantitative estimate of drug-likeness (QED) is 0.686. The fourth-order valence-corrected chi connectivity index (χ4v) is 6.06. The van der Waals surface area contributed by atoms with Crippen LogP contribution in [0.4, 0.5) is 0 Å². The van der Waals surface area contributed by atoms with Gasteiger partial charge in [0.25, 0.3) is 5.91 Å². The molecule has 4 bridgehead atoms. The van der Waals surface area contributed by atoms with Gasteiger partial charge in [-0.25, -0.2) is 0 Å². The maximum absolute atomic E-state index is 13.0. The van der Waals surface area contributed by atoms with E-state index in [0.29, 0.717) is 31.2 Å². The lowest BCUT2D eigenvalue weighted by atomic mass is 9.48. The molecule has 2 N–H and O–H groups in total. The summed E-state index contributed by atoms with van der Waals surface area (Å²) in [4.78, 5) is 25.4. The summed E-state index contributed by atoms with van der Waals surface area (Å²) in [5, 5.41) is 13.7. The molecule has 0 aliphatic heterocycles. The molecule has 2 unspecified atom stereocenters. The number of methoxy groups -OCH3 is 1. The van der Waals surface area contributed by atoms with Crippen LogP contribution in [0.25, 0.3) is 0 Å². The molecule has 1 aromatic carbocycles. The number of benzene rings is 1. The third kappa shape index (κ3) is 4.13. The molecule has 4 aliphatic rings. The van der Waals surface area contributed by atoms with Gasteiger partial charge >= 0.3 is 5.97 Å². The van der Waals surface area contributed by atoms with E-state index in [1.807, 2.05) is 24.3 Å². The van der Waals surface area contributed by atoms with Crippen molar-refractivity contribution in [3.63, 3.8) is 0 Å². The summed E-state index contributed by atoms with van der Waals surface area (Å²) in [6.45, 7) is 2.10. The summed E-state index contributed by atoms with van der Waals surface area (Å²) in [6.07, 6.45) is 4.64. The Bertz CT molecular complexity index is 760. The van der Waals surface area contributed by atoms with E-state index in [9.17, 15) is 14.7 Å². The van der Waals surface area contributed by atoms with Crippen LogP contribution in [-0.4, -0.2) is 42.3 Å². The van der Waals surface area contributed by atoms with E-state index >= 15 is 0 Å². The van der Waals surface area contributed by atoms with Gasteiger partial charge in [0.15, 0.2) is 6.10 Å². The van der Waals surface area contributed by atoms with Gasteiger partial charge in [0.1, 0.15) is 5.75 Å². The molecule has 0 spiro atoms. The van der Waals surface area contributed by atoms with Gasteiger partial charge in [-0.3, -0.25) is 9.59 Å². The van der Waals surface area contributed by atoms with Gasteiger partial charge < -0.3 is 19.9 Å². The lowest BCUT2D eigenvalue weighted by molar-refractivity contribution is -0.200. The minimum absolute atomic E-state index is 0.282. The van der Waals surface area contributed by atoms with Crippen LogP contribution in [-0.2, 0) is 20.7 Å². The normalized spacial score (nSPS) is 33.2. The molecule has 6 nitrogen and oxygen atoms in total. The Balaban J connectivity index is 1.28. The Morgan fingerprint density at radius 1 is 1.17 bits per heavy atom. The molecule has 0 radical (unpaired) electrons. The molecule has 29 heavy (non-hydrogen) atoms. The van der Waals surface area contributed by atoms with Crippen molar-refractivity contribution in [3.8, 4) is 5.75 Å². The van der Waals surface area contributed by atoms with E-state index in [-0.39, 0.29) is 11.9 Å². The van der Waals surface area contributed by atoms with E-state index < -0.39 is 17.1 Å². The third-order valence-electron chi connectivity index (χ3n) is 6.99.